The Hall–Kier alpha value is -2.62. The molecule has 0 aliphatic heterocycles. The average molecular weight is 302 g/mol. The second kappa shape index (κ2) is 5.64. The molecule has 0 saturated carbocycles. The Morgan fingerprint density at radius 2 is 0.773 bits per heavy atom. The summed E-state index contributed by atoms with van der Waals surface area (Å²) in [5, 5.41) is 0. The van der Waals surface area contributed by atoms with Crippen molar-refractivity contribution in [2.24, 2.45) is 0 Å². The maximum atomic E-state index is 14.0. The summed E-state index contributed by atoms with van der Waals surface area (Å²) >= 11 is 0. The summed E-state index contributed by atoms with van der Waals surface area (Å²) in [5.41, 5.74) is 0.589. The SMILES string of the molecule is Fc1cccc(-c2ccccc2-c2cccc(F)c2F)c1F. The normalized spacial score (nSPS) is 10.7. The van der Waals surface area contributed by atoms with E-state index in [0.29, 0.717) is 11.1 Å². The van der Waals surface area contributed by atoms with Crippen molar-refractivity contribution in [3.63, 3.8) is 0 Å². The van der Waals surface area contributed by atoms with E-state index in [-0.39, 0.29) is 11.1 Å². The van der Waals surface area contributed by atoms with Crippen LogP contribution in [0.2, 0.25) is 0 Å². The summed E-state index contributed by atoms with van der Waals surface area (Å²) in [6.45, 7) is 0. The molecule has 4 heteroatoms. The van der Waals surface area contributed by atoms with Gasteiger partial charge in [0.2, 0.25) is 0 Å². The van der Waals surface area contributed by atoms with Crippen LogP contribution in [0.1, 0.15) is 0 Å². The minimum absolute atomic E-state index is 0.000684. The molecule has 0 aliphatic rings. The van der Waals surface area contributed by atoms with Crippen molar-refractivity contribution in [3.8, 4) is 22.3 Å². The van der Waals surface area contributed by atoms with Gasteiger partial charge in [0.25, 0.3) is 0 Å². The Kier molecular flexibility index (Phi) is 3.67. The third-order valence-corrected chi connectivity index (χ3v) is 3.41. The Morgan fingerprint density at radius 1 is 0.409 bits per heavy atom. The molecule has 3 rings (SSSR count). The van der Waals surface area contributed by atoms with Crippen LogP contribution < -0.4 is 0 Å². The van der Waals surface area contributed by atoms with Gasteiger partial charge in [0, 0.05) is 11.1 Å². The number of halogens is 4. The molecular formula is C18H10F4. The minimum atomic E-state index is -1.02. The van der Waals surface area contributed by atoms with Crippen LogP contribution in [0.15, 0.2) is 60.7 Å². The zero-order valence-electron chi connectivity index (χ0n) is 11.3. The van der Waals surface area contributed by atoms with Crippen molar-refractivity contribution in [1.82, 2.24) is 0 Å². The molecule has 22 heavy (non-hydrogen) atoms. The van der Waals surface area contributed by atoms with E-state index in [1.54, 1.807) is 12.1 Å². The molecule has 0 bridgehead atoms. The van der Waals surface area contributed by atoms with Gasteiger partial charge in [0.1, 0.15) is 0 Å². The molecule has 3 aromatic carbocycles. The quantitative estimate of drug-likeness (QED) is 0.542. The van der Waals surface area contributed by atoms with E-state index in [1.165, 1.54) is 36.4 Å². The molecule has 0 amide bonds. The lowest BCUT2D eigenvalue weighted by Gasteiger charge is -2.12. The summed E-state index contributed by atoms with van der Waals surface area (Å²) < 4.78 is 54.9. The van der Waals surface area contributed by atoms with Crippen molar-refractivity contribution in [3.05, 3.63) is 83.9 Å². The van der Waals surface area contributed by atoms with Gasteiger partial charge in [0.05, 0.1) is 0 Å². The first-order chi connectivity index (χ1) is 10.6. The van der Waals surface area contributed by atoms with E-state index < -0.39 is 23.3 Å². The Bertz CT molecular complexity index is 770. The zero-order valence-corrected chi connectivity index (χ0v) is 11.3. The first-order valence-corrected chi connectivity index (χ1v) is 6.57. The number of hydrogen-bond acceptors (Lipinski definition) is 0. The summed E-state index contributed by atoms with van der Waals surface area (Å²) in [6, 6.07) is 13.9. The molecule has 0 radical (unpaired) electrons. The smallest absolute Gasteiger partial charge is 0.166 e. The predicted molar refractivity (Wildman–Crippen MR) is 77.1 cm³/mol. The van der Waals surface area contributed by atoms with Crippen molar-refractivity contribution in [1.29, 1.82) is 0 Å². The van der Waals surface area contributed by atoms with Crippen LogP contribution in [-0.2, 0) is 0 Å². The Morgan fingerprint density at radius 3 is 1.18 bits per heavy atom. The molecule has 3 aromatic rings. The lowest BCUT2D eigenvalue weighted by atomic mass is 9.94. The molecule has 0 aliphatic carbocycles. The molecule has 0 spiro atoms. The predicted octanol–water partition coefficient (Wildman–Crippen LogP) is 5.58. The number of hydrogen-bond donors (Lipinski definition) is 0. The van der Waals surface area contributed by atoms with Crippen LogP contribution >= 0.6 is 0 Å². The average Bonchev–Trinajstić information content (AvgIpc) is 2.53. The van der Waals surface area contributed by atoms with Gasteiger partial charge >= 0.3 is 0 Å². The molecule has 0 heterocycles. The highest BCUT2D eigenvalue weighted by molar-refractivity contribution is 5.83. The summed E-state index contributed by atoms with van der Waals surface area (Å²) in [7, 11) is 0. The van der Waals surface area contributed by atoms with Crippen LogP contribution in [0.4, 0.5) is 17.6 Å². The second-order valence-electron chi connectivity index (χ2n) is 4.75. The number of rotatable bonds is 2. The van der Waals surface area contributed by atoms with Crippen LogP contribution in [0, 0.1) is 23.3 Å². The third-order valence-electron chi connectivity index (χ3n) is 3.41. The molecule has 0 unspecified atom stereocenters. The van der Waals surface area contributed by atoms with Crippen molar-refractivity contribution < 1.29 is 17.6 Å². The van der Waals surface area contributed by atoms with Gasteiger partial charge in [-0.1, -0.05) is 48.5 Å². The highest BCUT2D eigenvalue weighted by Crippen LogP contribution is 2.35. The highest BCUT2D eigenvalue weighted by Gasteiger charge is 2.17. The molecule has 110 valence electrons. The van der Waals surface area contributed by atoms with Crippen LogP contribution in [0.25, 0.3) is 22.3 Å². The van der Waals surface area contributed by atoms with E-state index in [0.717, 1.165) is 12.1 Å². The van der Waals surface area contributed by atoms with Gasteiger partial charge in [-0.3, -0.25) is 0 Å². The Labute approximate surface area is 124 Å². The standard InChI is InChI=1S/C18H10F4/c19-15-9-3-7-13(17(15)21)11-5-1-2-6-12(11)14-8-4-10-16(20)18(14)22/h1-10H. The van der Waals surface area contributed by atoms with Gasteiger partial charge in [-0.05, 0) is 23.3 Å². The van der Waals surface area contributed by atoms with Crippen LogP contribution in [-0.4, -0.2) is 0 Å². The largest absolute Gasteiger partial charge is 0.204 e. The summed E-state index contributed by atoms with van der Waals surface area (Å²) in [4.78, 5) is 0. The molecule has 0 nitrogen and oxygen atoms in total. The molecule has 0 N–H and O–H groups in total. The van der Waals surface area contributed by atoms with Crippen LogP contribution in [0.3, 0.4) is 0 Å². The zero-order chi connectivity index (χ0) is 15.7. The molecule has 0 saturated heterocycles. The van der Waals surface area contributed by atoms with Crippen molar-refractivity contribution in [2.45, 2.75) is 0 Å². The fourth-order valence-corrected chi connectivity index (χ4v) is 2.38. The highest BCUT2D eigenvalue weighted by atomic mass is 19.2. The van der Waals surface area contributed by atoms with Gasteiger partial charge in [-0.2, -0.15) is 0 Å². The van der Waals surface area contributed by atoms with E-state index in [2.05, 4.69) is 0 Å². The maximum Gasteiger partial charge on any atom is 0.166 e. The first kappa shape index (κ1) is 14.3. The van der Waals surface area contributed by atoms with Gasteiger partial charge in [0.15, 0.2) is 23.3 Å². The lowest BCUT2D eigenvalue weighted by Crippen LogP contribution is -1.94. The topological polar surface area (TPSA) is 0 Å². The van der Waals surface area contributed by atoms with E-state index in [9.17, 15) is 17.6 Å². The van der Waals surface area contributed by atoms with E-state index >= 15 is 0 Å². The van der Waals surface area contributed by atoms with Gasteiger partial charge < -0.3 is 0 Å². The maximum absolute atomic E-state index is 14.0. The van der Waals surface area contributed by atoms with E-state index in [4.69, 9.17) is 0 Å². The monoisotopic (exact) mass is 302 g/mol. The molecule has 0 atom stereocenters. The van der Waals surface area contributed by atoms with Gasteiger partial charge in [-0.15, -0.1) is 0 Å². The molecular weight excluding hydrogens is 292 g/mol. The molecule has 0 aromatic heterocycles. The van der Waals surface area contributed by atoms with E-state index in [1.807, 2.05) is 0 Å². The second-order valence-corrected chi connectivity index (χ2v) is 4.75. The van der Waals surface area contributed by atoms with Crippen LogP contribution in [0.5, 0.6) is 0 Å². The first-order valence-electron chi connectivity index (χ1n) is 6.57. The van der Waals surface area contributed by atoms with Gasteiger partial charge in [-0.25, -0.2) is 17.6 Å². The fourth-order valence-electron chi connectivity index (χ4n) is 2.38. The number of benzene rings is 3. The fraction of sp³-hybridized carbons (Fsp3) is 0. The van der Waals surface area contributed by atoms with Crippen molar-refractivity contribution in [2.75, 3.05) is 0 Å². The third kappa shape index (κ3) is 2.37. The lowest BCUT2D eigenvalue weighted by molar-refractivity contribution is 0.510. The molecule has 0 fully saturated rings. The summed E-state index contributed by atoms with van der Waals surface area (Å²) in [6.07, 6.45) is 0. The van der Waals surface area contributed by atoms with Crippen molar-refractivity contribution >= 4 is 0 Å². The Balaban J connectivity index is 2.28. The minimum Gasteiger partial charge on any atom is -0.204 e. The summed E-state index contributed by atoms with van der Waals surface area (Å²) in [5.74, 6) is -4.03.